The molecule has 2 aromatic carbocycles. The summed E-state index contributed by atoms with van der Waals surface area (Å²) >= 11 is 3.51. The Morgan fingerprint density at radius 3 is 2.65 bits per heavy atom. The summed E-state index contributed by atoms with van der Waals surface area (Å²) in [5, 5.41) is 0. The highest BCUT2D eigenvalue weighted by atomic mass is 79.9. The van der Waals surface area contributed by atoms with Crippen LogP contribution in [0.4, 0.5) is 5.69 Å². The van der Waals surface area contributed by atoms with Gasteiger partial charge in [-0.15, -0.1) is 0 Å². The first-order valence-corrected chi connectivity index (χ1v) is 7.38. The van der Waals surface area contributed by atoms with Gasteiger partial charge in [-0.05, 0) is 24.6 Å². The second-order valence-electron chi connectivity index (χ2n) is 4.43. The summed E-state index contributed by atoms with van der Waals surface area (Å²) in [7, 11) is 0. The fourth-order valence-electron chi connectivity index (χ4n) is 1.72. The minimum Gasteiger partial charge on any atom is -0.491 e. The SMILES string of the molecule is CCCOc1cc(OCc2ccccc2Br)ccc1N. The lowest BCUT2D eigenvalue weighted by atomic mass is 10.2. The Bertz CT molecular complexity index is 572. The predicted octanol–water partition coefficient (Wildman–Crippen LogP) is 4.40. The maximum absolute atomic E-state index is 5.87. The van der Waals surface area contributed by atoms with E-state index in [1.54, 1.807) is 6.07 Å². The number of halogens is 1. The van der Waals surface area contributed by atoms with E-state index in [9.17, 15) is 0 Å². The van der Waals surface area contributed by atoms with E-state index in [2.05, 4.69) is 22.9 Å². The molecule has 0 unspecified atom stereocenters. The Labute approximate surface area is 127 Å². The third kappa shape index (κ3) is 3.90. The van der Waals surface area contributed by atoms with Crippen LogP contribution in [0.25, 0.3) is 0 Å². The second kappa shape index (κ2) is 7.20. The van der Waals surface area contributed by atoms with Gasteiger partial charge in [-0.2, -0.15) is 0 Å². The summed E-state index contributed by atoms with van der Waals surface area (Å²) in [5.41, 5.74) is 7.60. The van der Waals surface area contributed by atoms with Gasteiger partial charge in [-0.1, -0.05) is 41.1 Å². The normalized spacial score (nSPS) is 10.3. The standard InChI is InChI=1S/C16H18BrNO2/c1-2-9-19-16-10-13(7-8-15(16)18)20-11-12-5-3-4-6-14(12)17/h3-8,10H,2,9,11,18H2,1H3. The number of nitrogens with two attached hydrogens (primary N) is 1. The molecule has 0 heterocycles. The molecule has 0 aromatic heterocycles. The number of nitrogen functional groups attached to an aromatic ring is 1. The van der Waals surface area contributed by atoms with Gasteiger partial charge in [-0.25, -0.2) is 0 Å². The van der Waals surface area contributed by atoms with Crippen LogP contribution in [0.5, 0.6) is 11.5 Å². The first-order chi connectivity index (χ1) is 9.70. The van der Waals surface area contributed by atoms with Crippen molar-refractivity contribution in [1.82, 2.24) is 0 Å². The van der Waals surface area contributed by atoms with Gasteiger partial charge in [0.05, 0.1) is 12.3 Å². The monoisotopic (exact) mass is 335 g/mol. The summed E-state index contributed by atoms with van der Waals surface area (Å²) in [4.78, 5) is 0. The first kappa shape index (κ1) is 14.7. The summed E-state index contributed by atoms with van der Waals surface area (Å²) in [5.74, 6) is 1.43. The third-order valence-corrected chi connectivity index (χ3v) is 3.57. The molecule has 0 spiro atoms. The van der Waals surface area contributed by atoms with Crippen LogP contribution in [0.15, 0.2) is 46.9 Å². The minimum atomic E-state index is 0.499. The fraction of sp³-hybridized carbons (Fsp3) is 0.250. The molecule has 2 rings (SSSR count). The molecule has 2 aromatic rings. The van der Waals surface area contributed by atoms with Crippen LogP contribution in [0.1, 0.15) is 18.9 Å². The Morgan fingerprint density at radius 2 is 1.90 bits per heavy atom. The predicted molar refractivity (Wildman–Crippen MR) is 85.1 cm³/mol. The largest absolute Gasteiger partial charge is 0.491 e. The van der Waals surface area contributed by atoms with Crippen molar-refractivity contribution in [2.24, 2.45) is 0 Å². The highest BCUT2D eigenvalue weighted by Gasteiger charge is 2.04. The fourth-order valence-corrected chi connectivity index (χ4v) is 2.12. The highest BCUT2D eigenvalue weighted by molar-refractivity contribution is 9.10. The maximum Gasteiger partial charge on any atom is 0.145 e. The van der Waals surface area contributed by atoms with Crippen LogP contribution in [-0.2, 0) is 6.61 Å². The van der Waals surface area contributed by atoms with Gasteiger partial charge in [0.15, 0.2) is 0 Å². The lowest BCUT2D eigenvalue weighted by Gasteiger charge is -2.12. The van der Waals surface area contributed by atoms with Crippen molar-refractivity contribution in [3.8, 4) is 11.5 Å². The molecule has 0 aliphatic rings. The lowest BCUT2D eigenvalue weighted by molar-refractivity contribution is 0.295. The molecule has 0 saturated heterocycles. The van der Waals surface area contributed by atoms with Crippen molar-refractivity contribution in [3.63, 3.8) is 0 Å². The van der Waals surface area contributed by atoms with Crippen LogP contribution in [0, 0.1) is 0 Å². The highest BCUT2D eigenvalue weighted by Crippen LogP contribution is 2.28. The zero-order valence-corrected chi connectivity index (χ0v) is 13.0. The molecule has 0 radical (unpaired) electrons. The molecule has 0 aliphatic carbocycles. The minimum absolute atomic E-state index is 0.499. The summed E-state index contributed by atoms with van der Waals surface area (Å²) < 4.78 is 12.4. The topological polar surface area (TPSA) is 44.5 Å². The molecule has 0 fully saturated rings. The van der Waals surface area contributed by atoms with Gasteiger partial charge in [0, 0.05) is 16.1 Å². The molecule has 4 heteroatoms. The van der Waals surface area contributed by atoms with E-state index in [0.717, 1.165) is 22.2 Å². The average Bonchev–Trinajstić information content (AvgIpc) is 2.46. The van der Waals surface area contributed by atoms with Crippen molar-refractivity contribution in [2.45, 2.75) is 20.0 Å². The molecule has 3 nitrogen and oxygen atoms in total. The Balaban J connectivity index is 2.04. The van der Waals surface area contributed by atoms with E-state index >= 15 is 0 Å². The van der Waals surface area contributed by atoms with Gasteiger partial charge in [0.25, 0.3) is 0 Å². The van der Waals surface area contributed by atoms with E-state index in [1.165, 1.54) is 0 Å². The Hall–Kier alpha value is -1.68. The van der Waals surface area contributed by atoms with E-state index in [-0.39, 0.29) is 0 Å². The van der Waals surface area contributed by atoms with E-state index in [0.29, 0.717) is 24.7 Å². The van der Waals surface area contributed by atoms with Crippen LogP contribution in [0.2, 0.25) is 0 Å². The zero-order valence-electron chi connectivity index (χ0n) is 11.4. The van der Waals surface area contributed by atoms with Crippen molar-refractivity contribution >= 4 is 21.6 Å². The van der Waals surface area contributed by atoms with Gasteiger partial charge in [0.2, 0.25) is 0 Å². The average molecular weight is 336 g/mol. The van der Waals surface area contributed by atoms with Gasteiger partial charge in [0.1, 0.15) is 18.1 Å². The molecule has 0 aliphatic heterocycles. The number of ether oxygens (including phenoxy) is 2. The van der Waals surface area contributed by atoms with Crippen molar-refractivity contribution in [1.29, 1.82) is 0 Å². The number of anilines is 1. The zero-order chi connectivity index (χ0) is 14.4. The summed E-state index contributed by atoms with van der Waals surface area (Å²) in [6.45, 7) is 3.21. The Morgan fingerprint density at radius 1 is 1.10 bits per heavy atom. The second-order valence-corrected chi connectivity index (χ2v) is 5.28. The van der Waals surface area contributed by atoms with Crippen LogP contribution in [-0.4, -0.2) is 6.61 Å². The van der Waals surface area contributed by atoms with E-state index in [1.807, 2.05) is 36.4 Å². The number of hydrogen-bond donors (Lipinski definition) is 1. The smallest absolute Gasteiger partial charge is 0.145 e. The quantitative estimate of drug-likeness (QED) is 0.795. The number of benzene rings is 2. The first-order valence-electron chi connectivity index (χ1n) is 6.59. The van der Waals surface area contributed by atoms with Crippen LogP contribution >= 0.6 is 15.9 Å². The molecule has 0 bridgehead atoms. The van der Waals surface area contributed by atoms with E-state index < -0.39 is 0 Å². The number of hydrogen-bond acceptors (Lipinski definition) is 3. The summed E-state index contributed by atoms with van der Waals surface area (Å²) in [6.07, 6.45) is 0.946. The third-order valence-electron chi connectivity index (χ3n) is 2.80. The van der Waals surface area contributed by atoms with Gasteiger partial charge in [-0.3, -0.25) is 0 Å². The van der Waals surface area contributed by atoms with Crippen molar-refractivity contribution in [3.05, 3.63) is 52.5 Å². The maximum atomic E-state index is 5.87. The molecular formula is C16H18BrNO2. The molecule has 0 saturated carbocycles. The lowest BCUT2D eigenvalue weighted by Crippen LogP contribution is -2.01. The van der Waals surface area contributed by atoms with Gasteiger partial charge < -0.3 is 15.2 Å². The molecule has 0 amide bonds. The molecular weight excluding hydrogens is 318 g/mol. The molecule has 2 N–H and O–H groups in total. The van der Waals surface area contributed by atoms with Crippen molar-refractivity contribution < 1.29 is 9.47 Å². The Kier molecular flexibility index (Phi) is 5.30. The van der Waals surface area contributed by atoms with Crippen LogP contribution < -0.4 is 15.2 Å². The van der Waals surface area contributed by atoms with Crippen LogP contribution in [0.3, 0.4) is 0 Å². The van der Waals surface area contributed by atoms with Crippen molar-refractivity contribution in [2.75, 3.05) is 12.3 Å². The van der Waals surface area contributed by atoms with E-state index in [4.69, 9.17) is 15.2 Å². The molecule has 0 atom stereocenters. The summed E-state index contributed by atoms with van der Waals surface area (Å²) in [6, 6.07) is 13.5. The number of rotatable bonds is 6. The van der Waals surface area contributed by atoms with Gasteiger partial charge >= 0.3 is 0 Å². The molecule has 106 valence electrons. The molecule has 20 heavy (non-hydrogen) atoms.